The Morgan fingerprint density at radius 2 is 1.18 bits per heavy atom. The van der Waals surface area contributed by atoms with E-state index in [1.807, 2.05) is 30.3 Å². The normalized spacial score (nSPS) is 11.9. The second-order valence-corrected chi connectivity index (χ2v) is 7.88. The van der Waals surface area contributed by atoms with Crippen molar-refractivity contribution in [2.45, 2.75) is 25.7 Å². The maximum Gasteiger partial charge on any atom is 0.231 e. The first-order chi connectivity index (χ1) is 16.1. The van der Waals surface area contributed by atoms with E-state index in [0.717, 1.165) is 76.9 Å². The minimum absolute atomic E-state index is 0.285. The molecule has 3 aromatic carbocycles. The largest absolute Gasteiger partial charge is 0.497 e. The fourth-order valence-electron chi connectivity index (χ4n) is 4.09. The summed E-state index contributed by atoms with van der Waals surface area (Å²) < 4.78 is 33.1. The van der Waals surface area contributed by atoms with Crippen molar-refractivity contribution in [2.75, 3.05) is 35.2 Å². The van der Waals surface area contributed by atoms with Crippen molar-refractivity contribution in [3.63, 3.8) is 0 Å². The molecule has 174 valence electrons. The van der Waals surface area contributed by atoms with Gasteiger partial charge in [0, 0.05) is 12.1 Å². The highest BCUT2D eigenvalue weighted by Gasteiger charge is 2.15. The van der Waals surface area contributed by atoms with Crippen molar-refractivity contribution >= 4 is 0 Å². The smallest absolute Gasteiger partial charge is 0.231 e. The van der Waals surface area contributed by atoms with E-state index in [4.69, 9.17) is 28.4 Å². The summed E-state index contributed by atoms with van der Waals surface area (Å²) in [6, 6.07) is 16.2. The molecular weight excluding hydrogens is 420 g/mol. The molecule has 0 N–H and O–H groups in total. The summed E-state index contributed by atoms with van der Waals surface area (Å²) in [6.07, 6.45) is 3.36. The quantitative estimate of drug-likeness (QED) is 0.432. The maximum absolute atomic E-state index is 5.67. The zero-order valence-electron chi connectivity index (χ0n) is 19.6. The second-order valence-electron chi connectivity index (χ2n) is 7.88. The van der Waals surface area contributed by atoms with E-state index in [1.165, 1.54) is 5.56 Å². The van der Waals surface area contributed by atoms with Crippen LogP contribution in [0.1, 0.15) is 22.3 Å². The van der Waals surface area contributed by atoms with Crippen molar-refractivity contribution in [2.24, 2.45) is 0 Å². The summed E-state index contributed by atoms with van der Waals surface area (Å²) in [5.41, 5.74) is 4.63. The van der Waals surface area contributed by atoms with E-state index in [-0.39, 0.29) is 6.79 Å². The first kappa shape index (κ1) is 22.6. The minimum atomic E-state index is 0.285. The highest BCUT2D eigenvalue weighted by molar-refractivity contribution is 5.49. The van der Waals surface area contributed by atoms with Crippen LogP contribution in [0.5, 0.6) is 34.5 Å². The molecule has 0 amide bonds. The van der Waals surface area contributed by atoms with Crippen LogP contribution in [0.15, 0.2) is 48.5 Å². The Balaban J connectivity index is 1.52. The molecule has 1 aliphatic heterocycles. The lowest BCUT2D eigenvalue weighted by atomic mass is 9.97. The van der Waals surface area contributed by atoms with Crippen LogP contribution in [0.25, 0.3) is 0 Å². The highest BCUT2D eigenvalue weighted by atomic mass is 16.7. The van der Waals surface area contributed by atoms with Gasteiger partial charge in [-0.05, 0) is 78.3 Å². The average molecular weight is 451 g/mol. The highest BCUT2D eigenvalue weighted by Crippen LogP contribution is 2.34. The van der Waals surface area contributed by atoms with E-state index >= 15 is 0 Å². The maximum atomic E-state index is 5.67. The molecule has 1 aliphatic rings. The third kappa shape index (κ3) is 5.28. The van der Waals surface area contributed by atoms with E-state index < -0.39 is 0 Å². The van der Waals surface area contributed by atoms with Gasteiger partial charge in [0.2, 0.25) is 6.79 Å². The van der Waals surface area contributed by atoms with Gasteiger partial charge in [-0.25, -0.2) is 0 Å². The molecule has 0 saturated carbocycles. The first-order valence-electron chi connectivity index (χ1n) is 11.0. The molecule has 1 heterocycles. The van der Waals surface area contributed by atoms with Crippen molar-refractivity contribution < 1.29 is 28.4 Å². The lowest BCUT2D eigenvalue weighted by Gasteiger charge is -2.16. The molecule has 0 bridgehead atoms. The zero-order chi connectivity index (χ0) is 23.2. The molecule has 6 nitrogen and oxygen atoms in total. The van der Waals surface area contributed by atoms with E-state index in [2.05, 4.69) is 18.2 Å². The molecule has 0 radical (unpaired) electrons. The average Bonchev–Trinajstić information content (AvgIpc) is 3.33. The molecule has 33 heavy (non-hydrogen) atoms. The summed E-state index contributed by atoms with van der Waals surface area (Å²) in [4.78, 5) is 0. The van der Waals surface area contributed by atoms with Gasteiger partial charge in [-0.2, -0.15) is 0 Å². The molecule has 6 heteroatoms. The van der Waals surface area contributed by atoms with Crippen LogP contribution in [0.3, 0.4) is 0 Å². The predicted molar refractivity (Wildman–Crippen MR) is 126 cm³/mol. The number of aryl methyl sites for hydroxylation is 4. The van der Waals surface area contributed by atoms with Crippen LogP contribution in [-0.4, -0.2) is 35.2 Å². The number of benzene rings is 3. The third-order valence-electron chi connectivity index (χ3n) is 5.90. The van der Waals surface area contributed by atoms with E-state index in [0.29, 0.717) is 0 Å². The molecule has 0 atom stereocenters. The number of rotatable bonds is 10. The molecule has 0 fully saturated rings. The first-order valence-corrected chi connectivity index (χ1v) is 11.0. The summed E-state index contributed by atoms with van der Waals surface area (Å²) in [5, 5.41) is 0. The Bertz CT molecular complexity index is 1090. The summed E-state index contributed by atoms with van der Waals surface area (Å²) in [5.74, 6) is 4.85. The number of methoxy groups -OCH3 is 4. The minimum Gasteiger partial charge on any atom is -0.497 e. The van der Waals surface area contributed by atoms with Gasteiger partial charge in [-0.1, -0.05) is 6.07 Å². The molecular formula is C27H30O6. The van der Waals surface area contributed by atoms with Crippen LogP contribution >= 0.6 is 0 Å². The molecule has 0 unspecified atom stereocenters. The summed E-state index contributed by atoms with van der Waals surface area (Å²) >= 11 is 0. The Morgan fingerprint density at radius 3 is 1.79 bits per heavy atom. The van der Waals surface area contributed by atoms with E-state index in [9.17, 15) is 0 Å². The molecule has 3 aromatic rings. The van der Waals surface area contributed by atoms with Gasteiger partial charge in [0.25, 0.3) is 0 Å². The lowest BCUT2D eigenvalue weighted by molar-refractivity contribution is 0.174. The van der Waals surface area contributed by atoms with Gasteiger partial charge in [0.05, 0.1) is 28.4 Å². The van der Waals surface area contributed by atoms with Crippen LogP contribution in [0.2, 0.25) is 0 Å². The number of ether oxygens (including phenoxy) is 6. The molecule has 0 aromatic heterocycles. The fraction of sp³-hybridized carbons (Fsp3) is 0.333. The number of hydrogen-bond donors (Lipinski definition) is 0. The summed E-state index contributed by atoms with van der Waals surface area (Å²) in [6.45, 7) is 0.285. The number of hydrogen-bond acceptors (Lipinski definition) is 6. The van der Waals surface area contributed by atoms with Crippen molar-refractivity contribution in [3.05, 3.63) is 70.8 Å². The van der Waals surface area contributed by atoms with Gasteiger partial charge in [-0.15, -0.1) is 0 Å². The third-order valence-corrected chi connectivity index (χ3v) is 5.90. The standard InChI is InChI=1S/C27H30O6/c1-28-22-11-19(12-23(15-22)29-2)6-9-21-14-20(25(30-3)16-26(21)31-4)8-5-18-7-10-24-27(13-18)33-17-32-24/h7,10-16H,5-6,8-9,17H2,1-4H3. The zero-order valence-corrected chi connectivity index (χ0v) is 19.6. The molecule has 0 spiro atoms. The van der Waals surface area contributed by atoms with Crippen molar-refractivity contribution in [3.8, 4) is 34.5 Å². The second kappa shape index (κ2) is 10.4. The van der Waals surface area contributed by atoms with Crippen LogP contribution in [0, 0.1) is 0 Å². The van der Waals surface area contributed by atoms with Gasteiger partial charge < -0.3 is 28.4 Å². The van der Waals surface area contributed by atoms with Gasteiger partial charge in [0.15, 0.2) is 11.5 Å². The van der Waals surface area contributed by atoms with E-state index in [1.54, 1.807) is 28.4 Å². The number of fused-ring (bicyclic) bond motifs is 1. The predicted octanol–water partition coefficient (Wildman–Crippen LogP) is 5.02. The Hall–Kier alpha value is -3.54. The van der Waals surface area contributed by atoms with Crippen molar-refractivity contribution in [1.82, 2.24) is 0 Å². The monoisotopic (exact) mass is 450 g/mol. The molecule has 0 aliphatic carbocycles. The van der Waals surface area contributed by atoms with Gasteiger partial charge >= 0.3 is 0 Å². The fourth-order valence-corrected chi connectivity index (χ4v) is 4.09. The van der Waals surface area contributed by atoms with Crippen molar-refractivity contribution in [1.29, 1.82) is 0 Å². The Kier molecular flexibility index (Phi) is 7.13. The molecule has 4 rings (SSSR count). The Labute approximate surface area is 195 Å². The SMILES string of the molecule is COc1cc(CCc2cc(CCc3ccc4c(c3)OCO4)c(OC)cc2OC)cc(OC)c1. The molecule has 0 saturated heterocycles. The Morgan fingerprint density at radius 1 is 0.576 bits per heavy atom. The topological polar surface area (TPSA) is 55.4 Å². The van der Waals surface area contributed by atoms with Gasteiger partial charge in [-0.3, -0.25) is 0 Å². The van der Waals surface area contributed by atoms with Crippen LogP contribution in [0.4, 0.5) is 0 Å². The lowest BCUT2D eigenvalue weighted by Crippen LogP contribution is -2.02. The summed E-state index contributed by atoms with van der Waals surface area (Å²) in [7, 11) is 6.72. The van der Waals surface area contributed by atoms with Crippen LogP contribution < -0.4 is 28.4 Å². The van der Waals surface area contributed by atoms with Crippen LogP contribution in [-0.2, 0) is 25.7 Å². The van der Waals surface area contributed by atoms with Gasteiger partial charge in [0.1, 0.15) is 23.0 Å².